The second-order valence-corrected chi connectivity index (χ2v) is 4.38. The lowest BCUT2D eigenvalue weighted by Crippen LogP contribution is -2.33. The lowest BCUT2D eigenvalue weighted by atomic mass is 10.4. The first-order valence-corrected chi connectivity index (χ1v) is 5.41. The molecule has 0 atom stereocenters. The highest BCUT2D eigenvalue weighted by molar-refractivity contribution is 7.97. The van der Waals surface area contributed by atoms with Gasteiger partial charge in [-0.3, -0.25) is 4.79 Å². The maximum absolute atomic E-state index is 11.2. The highest BCUT2D eigenvalue weighted by atomic mass is 32.2. The van der Waals surface area contributed by atoms with Crippen molar-refractivity contribution in [1.82, 2.24) is 9.21 Å². The maximum Gasteiger partial charge on any atom is 0.223 e. The van der Waals surface area contributed by atoms with Crippen LogP contribution < -0.4 is 0 Å². The smallest absolute Gasteiger partial charge is 0.223 e. The molecule has 0 radical (unpaired) electrons. The summed E-state index contributed by atoms with van der Waals surface area (Å²) in [6.07, 6.45) is 1.68. The lowest BCUT2D eigenvalue weighted by molar-refractivity contribution is -0.128. The molecule has 0 bridgehead atoms. The third kappa shape index (κ3) is 3.54. The minimum Gasteiger partial charge on any atom is -0.395 e. The zero-order chi connectivity index (χ0) is 9.68. The number of rotatable bonds is 5. The van der Waals surface area contributed by atoms with Gasteiger partial charge in [0, 0.05) is 18.7 Å². The van der Waals surface area contributed by atoms with Gasteiger partial charge in [-0.05, 0) is 13.5 Å². The topological polar surface area (TPSA) is 43.8 Å². The molecule has 0 aromatic heterocycles. The van der Waals surface area contributed by atoms with Crippen LogP contribution in [-0.2, 0) is 4.79 Å². The van der Waals surface area contributed by atoms with Gasteiger partial charge in [0.25, 0.3) is 0 Å². The zero-order valence-corrected chi connectivity index (χ0v) is 8.72. The van der Waals surface area contributed by atoms with Crippen LogP contribution in [0, 0.1) is 0 Å². The molecular formula is C8H16N2O2S. The van der Waals surface area contributed by atoms with Crippen molar-refractivity contribution in [3.8, 4) is 0 Å². The number of aliphatic hydroxyl groups excluding tert-OH is 1. The Labute approximate surface area is 83.0 Å². The molecule has 0 aromatic carbocycles. The molecule has 1 aliphatic rings. The molecule has 1 amide bonds. The molecule has 1 fully saturated rings. The highest BCUT2D eigenvalue weighted by Crippen LogP contribution is 2.13. The first kappa shape index (κ1) is 10.8. The molecule has 76 valence electrons. The van der Waals surface area contributed by atoms with Gasteiger partial charge in [-0.2, -0.15) is 0 Å². The summed E-state index contributed by atoms with van der Waals surface area (Å²) in [5.41, 5.74) is 0. The van der Waals surface area contributed by atoms with Crippen LogP contribution in [-0.4, -0.2) is 52.8 Å². The van der Waals surface area contributed by atoms with E-state index in [1.54, 1.807) is 11.9 Å². The molecule has 5 heteroatoms. The first-order valence-electron chi connectivity index (χ1n) is 4.46. The molecule has 1 rings (SSSR count). The van der Waals surface area contributed by atoms with E-state index in [0.717, 1.165) is 13.0 Å². The Kier molecular flexibility index (Phi) is 4.55. The summed E-state index contributed by atoms with van der Waals surface area (Å²) in [6, 6.07) is 0. The van der Waals surface area contributed by atoms with Crippen LogP contribution in [0.5, 0.6) is 0 Å². The van der Waals surface area contributed by atoms with E-state index in [-0.39, 0.29) is 12.5 Å². The summed E-state index contributed by atoms with van der Waals surface area (Å²) in [7, 11) is 1.94. The normalized spacial score (nSPS) is 17.5. The molecule has 0 unspecified atom stereocenters. The van der Waals surface area contributed by atoms with Crippen LogP contribution in [0.4, 0.5) is 0 Å². The van der Waals surface area contributed by atoms with Gasteiger partial charge >= 0.3 is 0 Å². The van der Waals surface area contributed by atoms with E-state index in [0.29, 0.717) is 18.8 Å². The van der Waals surface area contributed by atoms with Crippen LogP contribution in [0.2, 0.25) is 0 Å². The van der Waals surface area contributed by atoms with Gasteiger partial charge in [0.1, 0.15) is 0 Å². The largest absolute Gasteiger partial charge is 0.395 e. The number of hydrogen-bond acceptors (Lipinski definition) is 4. The van der Waals surface area contributed by atoms with E-state index in [1.807, 2.05) is 16.3 Å². The van der Waals surface area contributed by atoms with Gasteiger partial charge in [-0.25, -0.2) is 4.31 Å². The third-order valence-corrected chi connectivity index (χ3v) is 2.87. The fourth-order valence-electron chi connectivity index (χ4n) is 1.33. The van der Waals surface area contributed by atoms with Crippen molar-refractivity contribution in [3.05, 3.63) is 0 Å². The Morgan fingerprint density at radius 2 is 2.46 bits per heavy atom. The Morgan fingerprint density at radius 1 is 1.69 bits per heavy atom. The van der Waals surface area contributed by atoms with Crippen molar-refractivity contribution in [1.29, 1.82) is 0 Å². The summed E-state index contributed by atoms with van der Waals surface area (Å²) < 4.78 is 1.99. The predicted octanol–water partition coefficient (Wildman–Crippen LogP) is 0.139. The van der Waals surface area contributed by atoms with Crippen LogP contribution >= 0.6 is 11.9 Å². The van der Waals surface area contributed by atoms with Gasteiger partial charge in [0.2, 0.25) is 5.91 Å². The minimum atomic E-state index is 0.183. The van der Waals surface area contributed by atoms with Crippen molar-refractivity contribution < 1.29 is 9.90 Å². The predicted molar refractivity (Wildman–Crippen MR) is 53.1 cm³/mol. The molecule has 1 heterocycles. The molecule has 4 nitrogen and oxygen atoms in total. The summed E-state index contributed by atoms with van der Waals surface area (Å²) in [5, 5.41) is 8.60. The Bertz CT molecular complexity index is 178. The minimum absolute atomic E-state index is 0.183. The van der Waals surface area contributed by atoms with E-state index in [2.05, 4.69) is 0 Å². The maximum atomic E-state index is 11.2. The van der Waals surface area contributed by atoms with E-state index in [9.17, 15) is 4.79 Å². The third-order valence-electron chi connectivity index (χ3n) is 1.94. The molecular weight excluding hydrogens is 188 g/mol. The molecule has 0 spiro atoms. The van der Waals surface area contributed by atoms with E-state index in [4.69, 9.17) is 5.11 Å². The van der Waals surface area contributed by atoms with Gasteiger partial charge in [0.05, 0.1) is 13.3 Å². The number of nitrogens with zero attached hydrogens (tertiary/aromatic N) is 2. The van der Waals surface area contributed by atoms with Crippen LogP contribution in [0.15, 0.2) is 0 Å². The van der Waals surface area contributed by atoms with Crippen molar-refractivity contribution in [3.63, 3.8) is 0 Å². The molecule has 1 N–H and O–H groups in total. The number of hydrogen-bond donors (Lipinski definition) is 1. The number of aliphatic hydroxyl groups is 1. The van der Waals surface area contributed by atoms with E-state index >= 15 is 0 Å². The van der Waals surface area contributed by atoms with Crippen LogP contribution in [0.25, 0.3) is 0 Å². The monoisotopic (exact) mass is 204 g/mol. The first-order chi connectivity index (χ1) is 6.24. The summed E-state index contributed by atoms with van der Waals surface area (Å²) in [5.74, 6) is 0.940. The van der Waals surface area contributed by atoms with Crippen molar-refractivity contribution in [2.75, 3.05) is 32.6 Å². The Balaban J connectivity index is 2.19. The fraction of sp³-hybridized carbons (Fsp3) is 0.875. The zero-order valence-electron chi connectivity index (χ0n) is 7.90. The van der Waals surface area contributed by atoms with Crippen LogP contribution in [0.1, 0.15) is 12.8 Å². The molecule has 0 aromatic rings. The number of likely N-dealkylation sites (tertiary alicyclic amines) is 1. The van der Waals surface area contributed by atoms with Gasteiger partial charge < -0.3 is 10.0 Å². The summed E-state index contributed by atoms with van der Waals surface area (Å²) >= 11 is 1.55. The fourth-order valence-corrected chi connectivity index (χ4v) is 1.95. The van der Waals surface area contributed by atoms with Crippen molar-refractivity contribution in [2.45, 2.75) is 12.8 Å². The average Bonchev–Trinajstić information content (AvgIpc) is 2.48. The molecule has 1 aliphatic heterocycles. The van der Waals surface area contributed by atoms with Crippen LogP contribution in [0.3, 0.4) is 0 Å². The van der Waals surface area contributed by atoms with Crippen molar-refractivity contribution in [2.24, 2.45) is 0 Å². The van der Waals surface area contributed by atoms with Crippen molar-refractivity contribution >= 4 is 17.9 Å². The quantitative estimate of drug-likeness (QED) is 0.647. The van der Waals surface area contributed by atoms with E-state index < -0.39 is 0 Å². The average molecular weight is 204 g/mol. The Morgan fingerprint density at radius 3 is 3.00 bits per heavy atom. The number of amides is 1. The summed E-state index contributed by atoms with van der Waals surface area (Å²) in [6.45, 7) is 1.73. The van der Waals surface area contributed by atoms with Gasteiger partial charge in [0.15, 0.2) is 0 Å². The number of carbonyl (C=O) groups excluding carboxylic acids is 1. The standard InChI is InChI=1S/C8H16N2O2S/c1-9(13-6-5-11)7-10-4-2-3-8(10)12/h11H,2-7H2,1H3. The molecule has 0 saturated carbocycles. The molecule has 13 heavy (non-hydrogen) atoms. The highest BCUT2D eigenvalue weighted by Gasteiger charge is 2.20. The Hall–Kier alpha value is -0.260. The SMILES string of the molecule is CN(CN1CCCC1=O)SCCO. The van der Waals surface area contributed by atoms with Gasteiger partial charge in [-0.15, -0.1) is 0 Å². The van der Waals surface area contributed by atoms with Gasteiger partial charge in [-0.1, -0.05) is 11.9 Å². The summed E-state index contributed by atoms with van der Waals surface area (Å²) in [4.78, 5) is 13.1. The number of carbonyl (C=O) groups is 1. The molecule has 0 aliphatic carbocycles. The lowest BCUT2D eigenvalue weighted by Gasteiger charge is -2.22. The second kappa shape index (κ2) is 5.47. The second-order valence-electron chi connectivity index (χ2n) is 3.09. The van der Waals surface area contributed by atoms with E-state index in [1.165, 1.54) is 0 Å². The molecule has 1 saturated heterocycles.